The lowest BCUT2D eigenvalue weighted by Gasteiger charge is -2.40. The van der Waals surface area contributed by atoms with Crippen LogP contribution in [0.3, 0.4) is 0 Å². The fourth-order valence-electron chi connectivity index (χ4n) is 4.13. The van der Waals surface area contributed by atoms with Crippen LogP contribution in [0.4, 0.5) is 0 Å². The first-order valence-electron chi connectivity index (χ1n) is 8.56. The van der Waals surface area contributed by atoms with Gasteiger partial charge in [0.2, 0.25) is 10.0 Å². The lowest BCUT2D eigenvalue weighted by molar-refractivity contribution is 0.136. The van der Waals surface area contributed by atoms with E-state index in [2.05, 4.69) is 10.2 Å². The Hall–Kier alpha value is -0.170. The van der Waals surface area contributed by atoms with Crippen LogP contribution in [0.15, 0.2) is 0 Å². The van der Waals surface area contributed by atoms with Crippen molar-refractivity contribution in [1.82, 2.24) is 14.5 Å². The Morgan fingerprint density at radius 3 is 2.43 bits per heavy atom. The second kappa shape index (κ2) is 6.94. The van der Waals surface area contributed by atoms with Crippen molar-refractivity contribution in [3.8, 4) is 0 Å². The molecule has 0 spiro atoms. The molecule has 2 aliphatic heterocycles. The second-order valence-electron chi connectivity index (χ2n) is 6.86. The summed E-state index contributed by atoms with van der Waals surface area (Å²) >= 11 is 0. The summed E-state index contributed by atoms with van der Waals surface area (Å²) in [7, 11) is -3.06. The predicted molar refractivity (Wildman–Crippen MR) is 84.7 cm³/mol. The van der Waals surface area contributed by atoms with Gasteiger partial charge < -0.3 is 5.32 Å². The molecule has 3 aliphatic rings. The first-order chi connectivity index (χ1) is 10.1. The first kappa shape index (κ1) is 15.7. The van der Waals surface area contributed by atoms with Gasteiger partial charge in [0.1, 0.15) is 0 Å². The molecule has 0 bridgehead atoms. The summed E-state index contributed by atoms with van der Waals surface area (Å²) < 4.78 is 27.0. The quantitative estimate of drug-likeness (QED) is 0.831. The molecule has 3 rings (SSSR count). The van der Waals surface area contributed by atoms with E-state index in [0.29, 0.717) is 18.2 Å². The Kier molecular flexibility index (Phi) is 5.19. The fraction of sp³-hybridized carbons (Fsp3) is 1.00. The van der Waals surface area contributed by atoms with Crippen molar-refractivity contribution < 1.29 is 8.42 Å². The molecule has 0 aromatic carbocycles. The van der Waals surface area contributed by atoms with Crippen LogP contribution in [0.1, 0.15) is 32.1 Å². The molecule has 2 unspecified atom stereocenters. The van der Waals surface area contributed by atoms with Crippen LogP contribution in [-0.2, 0) is 10.0 Å². The second-order valence-corrected chi connectivity index (χ2v) is 8.95. The number of nitrogens with one attached hydrogen (secondary N) is 1. The molecule has 122 valence electrons. The van der Waals surface area contributed by atoms with Gasteiger partial charge in [0, 0.05) is 45.8 Å². The van der Waals surface area contributed by atoms with Crippen molar-refractivity contribution in [2.24, 2.45) is 11.8 Å². The first-order valence-corrected chi connectivity index (χ1v) is 10.2. The van der Waals surface area contributed by atoms with Gasteiger partial charge in [-0.25, -0.2) is 12.7 Å². The summed E-state index contributed by atoms with van der Waals surface area (Å²) in [5.41, 5.74) is 0. The van der Waals surface area contributed by atoms with Crippen molar-refractivity contribution in [3.63, 3.8) is 0 Å². The maximum absolute atomic E-state index is 12.6. The summed E-state index contributed by atoms with van der Waals surface area (Å²) in [5, 5.41) is 3.30. The number of nitrogens with zero attached hydrogens (tertiary/aromatic N) is 2. The van der Waals surface area contributed by atoms with Gasteiger partial charge >= 0.3 is 0 Å². The molecule has 6 heteroatoms. The maximum Gasteiger partial charge on any atom is 0.215 e. The predicted octanol–water partition coefficient (Wildman–Crippen LogP) is 0.734. The molecule has 1 N–H and O–H groups in total. The number of hydrogen-bond acceptors (Lipinski definition) is 4. The van der Waals surface area contributed by atoms with Crippen LogP contribution in [-0.4, -0.2) is 69.2 Å². The molecule has 2 saturated heterocycles. The monoisotopic (exact) mass is 315 g/mol. The smallest absolute Gasteiger partial charge is 0.215 e. The van der Waals surface area contributed by atoms with E-state index in [-0.39, 0.29) is 0 Å². The molecule has 5 nitrogen and oxygen atoms in total. The van der Waals surface area contributed by atoms with E-state index in [0.717, 1.165) is 51.6 Å². The molecule has 21 heavy (non-hydrogen) atoms. The Morgan fingerprint density at radius 1 is 0.952 bits per heavy atom. The summed E-state index contributed by atoms with van der Waals surface area (Å²) in [4.78, 5) is 2.27. The van der Waals surface area contributed by atoms with Crippen molar-refractivity contribution in [2.45, 2.75) is 32.1 Å². The number of fused-ring (bicyclic) bond motifs is 1. The molecule has 0 radical (unpaired) electrons. The van der Waals surface area contributed by atoms with E-state index in [9.17, 15) is 8.42 Å². The SMILES string of the molecule is O=S(=O)(CCN1CCNCC1)N1CCC2CCCCC2C1. The van der Waals surface area contributed by atoms with Crippen LogP contribution in [0, 0.1) is 11.8 Å². The van der Waals surface area contributed by atoms with Crippen LogP contribution in [0.2, 0.25) is 0 Å². The lowest BCUT2D eigenvalue weighted by atomic mass is 9.76. The zero-order chi connectivity index (χ0) is 14.7. The Bertz CT molecular complexity index is 434. The van der Waals surface area contributed by atoms with E-state index in [1.807, 2.05) is 0 Å². The standard InChI is InChI=1S/C15H29N3O2S/c19-21(20,12-11-17-9-6-16-7-10-17)18-8-5-14-3-1-2-4-15(14)13-18/h14-16H,1-13H2. The van der Waals surface area contributed by atoms with Gasteiger partial charge in [0.05, 0.1) is 5.75 Å². The molecule has 3 fully saturated rings. The summed E-state index contributed by atoms with van der Waals surface area (Å²) in [6.45, 7) is 6.13. The molecule has 0 aromatic rings. The molecule has 2 atom stereocenters. The zero-order valence-electron chi connectivity index (χ0n) is 13.0. The van der Waals surface area contributed by atoms with Gasteiger partial charge in [0.15, 0.2) is 0 Å². The van der Waals surface area contributed by atoms with Crippen LogP contribution < -0.4 is 5.32 Å². The highest BCUT2D eigenvalue weighted by atomic mass is 32.2. The molecular formula is C15H29N3O2S. The van der Waals surface area contributed by atoms with Gasteiger partial charge in [-0.05, 0) is 24.7 Å². The molecular weight excluding hydrogens is 286 g/mol. The summed E-state index contributed by atoms with van der Waals surface area (Å²) in [5.74, 6) is 1.71. The van der Waals surface area contributed by atoms with E-state index in [1.165, 1.54) is 25.7 Å². The van der Waals surface area contributed by atoms with Gasteiger partial charge in [-0.1, -0.05) is 19.3 Å². The van der Waals surface area contributed by atoms with Gasteiger partial charge in [-0.3, -0.25) is 4.90 Å². The zero-order valence-corrected chi connectivity index (χ0v) is 13.8. The number of rotatable bonds is 4. The van der Waals surface area contributed by atoms with Crippen LogP contribution in [0.25, 0.3) is 0 Å². The maximum atomic E-state index is 12.6. The van der Waals surface area contributed by atoms with E-state index in [4.69, 9.17) is 0 Å². The molecule has 1 aliphatic carbocycles. The minimum absolute atomic E-state index is 0.296. The van der Waals surface area contributed by atoms with E-state index < -0.39 is 10.0 Å². The highest BCUT2D eigenvalue weighted by Crippen LogP contribution is 2.36. The topological polar surface area (TPSA) is 52.7 Å². The third-order valence-electron chi connectivity index (χ3n) is 5.52. The number of hydrogen-bond donors (Lipinski definition) is 1. The summed E-state index contributed by atoms with van der Waals surface area (Å²) in [6.07, 6.45) is 6.26. The van der Waals surface area contributed by atoms with Gasteiger partial charge in [-0.2, -0.15) is 0 Å². The third-order valence-corrected chi connectivity index (χ3v) is 7.34. The fourth-order valence-corrected chi connectivity index (χ4v) is 5.68. The van der Waals surface area contributed by atoms with Crippen molar-refractivity contribution in [1.29, 1.82) is 0 Å². The van der Waals surface area contributed by atoms with Crippen LogP contribution >= 0.6 is 0 Å². The average Bonchev–Trinajstić information content (AvgIpc) is 2.53. The largest absolute Gasteiger partial charge is 0.314 e. The molecule has 0 aromatic heterocycles. The molecule has 0 amide bonds. The lowest BCUT2D eigenvalue weighted by Crippen LogP contribution is -2.49. The average molecular weight is 315 g/mol. The summed E-state index contributed by atoms with van der Waals surface area (Å²) in [6, 6.07) is 0. The van der Waals surface area contributed by atoms with E-state index >= 15 is 0 Å². The Balaban J connectivity index is 1.52. The molecule has 2 heterocycles. The third kappa shape index (κ3) is 3.97. The minimum Gasteiger partial charge on any atom is -0.314 e. The normalized spacial score (nSPS) is 32.8. The van der Waals surface area contributed by atoms with Crippen molar-refractivity contribution in [2.75, 3.05) is 51.6 Å². The van der Waals surface area contributed by atoms with Crippen molar-refractivity contribution in [3.05, 3.63) is 0 Å². The Labute approximate surface area is 129 Å². The molecule has 1 saturated carbocycles. The van der Waals surface area contributed by atoms with Crippen molar-refractivity contribution >= 4 is 10.0 Å². The Morgan fingerprint density at radius 2 is 1.67 bits per heavy atom. The number of sulfonamides is 1. The van der Waals surface area contributed by atoms with E-state index in [1.54, 1.807) is 4.31 Å². The number of piperidine rings is 1. The highest BCUT2D eigenvalue weighted by molar-refractivity contribution is 7.89. The number of piperazine rings is 1. The van der Waals surface area contributed by atoms with Crippen LogP contribution in [0.5, 0.6) is 0 Å². The minimum atomic E-state index is -3.06. The highest BCUT2D eigenvalue weighted by Gasteiger charge is 2.35. The van der Waals surface area contributed by atoms with Gasteiger partial charge in [-0.15, -0.1) is 0 Å². The van der Waals surface area contributed by atoms with Gasteiger partial charge in [0.25, 0.3) is 0 Å².